The van der Waals surface area contributed by atoms with E-state index < -0.39 is 6.04 Å². The number of carbonyl (C=O) groups excluding carboxylic acids is 3. The van der Waals surface area contributed by atoms with Crippen LogP contribution in [0.2, 0.25) is 0 Å². The van der Waals surface area contributed by atoms with Gasteiger partial charge in [0.15, 0.2) is 0 Å². The normalized spacial score (nSPS) is 24.8. The molecule has 65 heavy (non-hydrogen) atoms. The summed E-state index contributed by atoms with van der Waals surface area (Å²) in [5.74, 6) is 1.82. The Morgan fingerprint density at radius 1 is 0.846 bits per heavy atom. The summed E-state index contributed by atoms with van der Waals surface area (Å²) in [6.45, 7) is 9.81. The van der Waals surface area contributed by atoms with E-state index in [1.807, 2.05) is 30.5 Å². The van der Waals surface area contributed by atoms with Crippen molar-refractivity contribution in [3.05, 3.63) is 77.0 Å². The molecule has 3 amide bonds. The number of fused-ring (bicyclic) bond motifs is 7. The van der Waals surface area contributed by atoms with Crippen molar-refractivity contribution in [2.24, 2.45) is 11.8 Å². The number of piperidine rings is 3. The Kier molecular flexibility index (Phi) is 10.1. The van der Waals surface area contributed by atoms with Gasteiger partial charge in [-0.2, -0.15) is 9.97 Å². The van der Waals surface area contributed by atoms with Gasteiger partial charge in [0.25, 0.3) is 5.91 Å². The molecule has 4 atom stereocenters. The minimum Gasteiger partial charge on any atom is -0.508 e. The Bertz CT molecular complexity index is 2730. The summed E-state index contributed by atoms with van der Waals surface area (Å²) in [6.07, 6.45) is 10.8. The van der Waals surface area contributed by atoms with Crippen molar-refractivity contribution in [1.29, 1.82) is 0 Å². The van der Waals surface area contributed by atoms with Gasteiger partial charge in [-0.05, 0) is 117 Å². The number of phenolic OH excluding ortho intramolecular Hbond substituents is 1. The average molecular weight is 876 g/mol. The average Bonchev–Trinajstić information content (AvgIpc) is 3.84. The summed E-state index contributed by atoms with van der Waals surface area (Å²) in [4.78, 5) is 62.3. The minimum atomic E-state index is -0.601. The van der Waals surface area contributed by atoms with Crippen LogP contribution in [0.1, 0.15) is 97.7 Å². The second-order valence-electron chi connectivity index (χ2n) is 19.8. The first-order valence-corrected chi connectivity index (χ1v) is 24.1. The second-order valence-corrected chi connectivity index (χ2v) is 19.8. The maximum Gasteiger partial charge on any atom is 0.319 e. The number of phenols is 1. The number of imide groups is 1. The van der Waals surface area contributed by atoms with E-state index in [2.05, 4.69) is 56.5 Å². The van der Waals surface area contributed by atoms with E-state index >= 15 is 0 Å². The first kappa shape index (κ1) is 40.6. The van der Waals surface area contributed by atoms with E-state index in [1.54, 1.807) is 4.90 Å². The first-order chi connectivity index (χ1) is 31.7. The molecule has 6 aliphatic heterocycles. The highest BCUT2D eigenvalue weighted by Crippen LogP contribution is 2.49. The number of benzene rings is 3. The highest BCUT2D eigenvalue weighted by molar-refractivity contribution is 6.07. The van der Waals surface area contributed by atoms with Crippen molar-refractivity contribution in [3.8, 4) is 23.0 Å². The lowest BCUT2D eigenvalue weighted by Crippen LogP contribution is -2.52. The van der Waals surface area contributed by atoms with Gasteiger partial charge < -0.3 is 29.9 Å². The molecule has 336 valence electrons. The van der Waals surface area contributed by atoms with Gasteiger partial charge in [0.05, 0.1) is 16.6 Å². The minimum absolute atomic E-state index is 0.0435. The van der Waals surface area contributed by atoms with E-state index in [-0.39, 0.29) is 35.8 Å². The molecule has 5 fully saturated rings. The molecule has 4 unspecified atom stereocenters. The number of nitrogens with one attached hydrogen (secondary N) is 2. The molecule has 1 aliphatic carbocycles. The summed E-state index contributed by atoms with van der Waals surface area (Å²) >= 11 is 0. The number of anilines is 2. The van der Waals surface area contributed by atoms with Crippen molar-refractivity contribution < 1.29 is 24.2 Å². The fourth-order valence-electron chi connectivity index (χ4n) is 12.6. The molecule has 2 bridgehead atoms. The van der Waals surface area contributed by atoms with Crippen LogP contribution >= 0.6 is 0 Å². The highest BCUT2D eigenvalue weighted by Gasteiger charge is 2.41. The van der Waals surface area contributed by atoms with Gasteiger partial charge in [-0.1, -0.05) is 31.2 Å². The fraction of sp³-hybridized carbons (Fsp3) is 0.490. The predicted molar refractivity (Wildman–Crippen MR) is 248 cm³/mol. The van der Waals surface area contributed by atoms with Crippen LogP contribution in [-0.4, -0.2) is 118 Å². The molecule has 3 N–H and O–H groups in total. The SMILES string of the molecule is CC1c2c(ncc3c(N4CC5CCC(C4)N5)nc(OCCN4CCC(CC5CCN(c6cccc7c6CN(C6CCC(=O)NC6=O)C7=O)CC5)CC4)nc23)-c2cc(O)cc3cccc1c23. The monoisotopic (exact) mass is 875 g/mol. The third-order valence-electron chi connectivity index (χ3n) is 15.9. The van der Waals surface area contributed by atoms with Crippen molar-refractivity contribution >= 4 is 50.9 Å². The van der Waals surface area contributed by atoms with E-state index in [4.69, 9.17) is 19.7 Å². The maximum atomic E-state index is 13.4. The van der Waals surface area contributed by atoms with Gasteiger partial charge in [-0.3, -0.25) is 29.6 Å². The number of pyridine rings is 1. The first-order valence-electron chi connectivity index (χ1n) is 24.1. The maximum absolute atomic E-state index is 13.4. The quantitative estimate of drug-likeness (QED) is 0.146. The lowest BCUT2D eigenvalue weighted by Gasteiger charge is -2.38. The molecule has 0 radical (unpaired) electrons. The largest absolute Gasteiger partial charge is 0.508 e. The Morgan fingerprint density at radius 3 is 2.40 bits per heavy atom. The number of amides is 3. The molecule has 12 rings (SSSR count). The fourth-order valence-corrected chi connectivity index (χ4v) is 12.6. The van der Waals surface area contributed by atoms with Gasteiger partial charge in [0.2, 0.25) is 11.8 Å². The van der Waals surface area contributed by atoms with Crippen LogP contribution in [0.3, 0.4) is 0 Å². The number of nitrogens with zero attached hydrogens (tertiary/aromatic N) is 7. The van der Waals surface area contributed by atoms with E-state index in [9.17, 15) is 19.5 Å². The second kappa shape index (κ2) is 16.2. The van der Waals surface area contributed by atoms with E-state index in [0.717, 1.165) is 114 Å². The van der Waals surface area contributed by atoms with Crippen LogP contribution in [0.4, 0.5) is 11.5 Å². The Labute approximate surface area is 378 Å². The third kappa shape index (κ3) is 7.24. The molecular weight excluding hydrogens is 819 g/mol. The number of ether oxygens (including phenoxy) is 1. The molecule has 0 spiro atoms. The Balaban J connectivity index is 0.687. The van der Waals surface area contributed by atoms with Crippen LogP contribution in [0.5, 0.6) is 11.8 Å². The van der Waals surface area contributed by atoms with Crippen LogP contribution in [0.15, 0.2) is 54.7 Å². The molecule has 14 nitrogen and oxygen atoms in total. The zero-order valence-corrected chi connectivity index (χ0v) is 37.1. The molecular formula is C51H57N9O5. The summed E-state index contributed by atoms with van der Waals surface area (Å²) in [7, 11) is 0. The number of likely N-dealkylation sites (tertiary alicyclic amines) is 1. The van der Waals surface area contributed by atoms with Gasteiger partial charge in [-0.15, -0.1) is 0 Å². The molecule has 3 aromatic carbocycles. The highest BCUT2D eigenvalue weighted by atomic mass is 16.5. The van der Waals surface area contributed by atoms with Crippen LogP contribution in [-0.2, 0) is 16.1 Å². The zero-order chi connectivity index (χ0) is 43.9. The molecule has 14 heteroatoms. The van der Waals surface area contributed by atoms with E-state index in [1.165, 1.54) is 37.7 Å². The Hall–Kier alpha value is -5.86. The summed E-state index contributed by atoms with van der Waals surface area (Å²) < 4.78 is 6.54. The van der Waals surface area contributed by atoms with Crippen LogP contribution in [0, 0.1) is 11.8 Å². The van der Waals surface area contributed by atoms with Crippen molar-refractivity contribution in [1.82, 2.24) is 35.4 Å². The van der Waals surface area contributed by atoms with Gasteiger partial charge in [0, 0.05) is 97.8 Å². The molecule has 2 aromatic heterocycles. The number of aromatic nitrogens is 3. The number of hydrogen-bond donors (Lipinski definition) is 3. The predicted octanol–water partition coefficient (Wildman–Crippen LogP) is 6.11. The molecule has 0 saturated carbocycles. The van der Waals surface area contributed by atoms with Gasteiger partial charge in [0.1, 0.15) is 24.2 Å². The smallest absolute Gasteiger partial charge is 0.319 e. The number of carbonyl (C=O) groups is 3. The standard InChI is InChI=1S/C51H57N9O5/c1-29-36-5-2-4-32-23-35(61)24-38(45(32)36)46-44(29)47-39(25-52-46)48(59-26-33-8-9-34(27-59)53-33)56-51(55-47)65-21-20-57-16-12-30(13-17-57)22-31-14-18-58(19-15-31)41-7-3-6-37-40(41)28-60(50(37)64)42-10-11-43(62)54-49(42)63/h2-7,23-25,29-31,33-34,42,53,61H,8-22,26-28H2,1H3,(H,54,62,63). The molecule has 5 aromatic rings. The number of aromatic hydroxyl groups is 1. The molecule has 7 aliphatic rings. The topological polar surface area (TPSA) is 156 Å². The zero-order valence-electron chi connectivity index (χ0n) is 37.1. The number of hydrogen-bond acceptors (Lipinski definition) is 12. The van der Waals surface area contributed by atoms with E-state index in [0.29, 0.717) is 55.1 Å². The van der Waals surface area contributed by atoms with Crippen molar-refractivity contribution in [2.75, 3.05) is 62.2 Å². The Morgan fingerprint density at radius 2 is 1.62 bits per heavy atom. The van der Waals surface area contributed by atoms with Crippen molar-refractivity contribution in [3.63, 3.8) is 0 Å². The van der Waals surface area contributed by atoms with Crippen LogP contribution in [0.25, 0.3) is 32.9 Å². The van der Waals surface area contributed by atoms with Gasteiger partial charge in [-0.25, -0.2) is 0 Å². The number of piperazine rings is 1. The van der Waals surface area contributed by atoms with Crippen molar-refractivity contribution in [2.45, 2.75) is 95.3 Å². The van der Waals surface area contributed by atoms with Gasteiger partial charge >= 0.3 is 6.01 Å². The summed E-state index contributed by atoms with van der Waals surface area (Å²) in [5.41, 5.74) is 7.76. The van der Waals surface area contributed by atoms with Crippen LogP contribution < -0.4 is 25.2 Å². The number of rotatable bonds is 9. The lowest BCUT2D eigenvalue weighted by molar-refractivity contribution is -0.136. The summed E-state index contributed by atoms with van der Waals surface area (Å²) in [5, 5.41) is 20.1. The molecule has 8 heterocycles. The summed E-state index contributed by atoms with van der Waals surface area (Å²) in [6, 6.07) is 16.7. The third-order valence-corrected chi connectivity index (χ3v) is 15.9. The molecule has 5 saturated heterocycles. The lowest BCUT2D eigenvalue weighted by atomic mass is 9.79.